The Morgan fingerprint density at radius 2 is 2.05 bits per heavy atom. The molecule has 0 amide bonds. The Morgan fingerprint density at radius 1 is 1.19 bits per heavy atom. The minimum absolute atomic E-state index is 0.378. The summed E-state index contributed by atoms with van der Waals surface area (Å²) in [6.07, 6.45) is 3.74. The number of fused-ring (bicyclic) bond motifs is 1. The topological polar surface area (TPSA) is 66.4 Å². The molecule has 7 heteroatoms. The van der Waals surface area contributed by atoms with Crippen molar-refractivity contribution < 1.29 is 4.74 Å². The molecule has 1 unspecified atom stereocenters. The smallest absolute Gasteiger partial charge is 0.322 e. The number of ether oxygens (including phenoxy) is 1. The van der Waals surface area contributed by atoms with Gasteiger partial charge in [-0.1, -0.05) is 0 Å². The van der Waals surface area contributed by atoms with Crippen molar-refractivity contribution in [2.75, 3.05) is 50.1 Å². The van der Waals surface area contributed by atoms with Crippen LogP contribution in [0.3, 0.4) is 0 Å². The molecule has 2 aliphatic heterocycles. The Labute approximate surface area is 125 Å². The van der Waals surface area contributed by atoms with E-state index in [4.69, 9.17) is 4.74 Å². The van der Waals surface area contributed by atoms with Crippen molar-refractivity contribution in [1.29, 1.82) is 0 Å². The van der Waals surface area contributed by atoms with E-state index >= 15 is 0 Å². The summed E-state index contributed by atoms with van der Waals surface area (Å²) in [5.41, 5.74) is 0. The number of hydrogen-bond acceptors (Lipinski definition) is 7. The molecule has 1 aromatic heterocycles. The van der Waals surface area contributed by atoms with Crippen LogP contribution in [0.1, 0.15) is 26.2 Å². The van der Waals surface area contributed by atoms with E-state index in [1.165, 1.54) is 25.9 Å². The molecule has 7 nitrogen and oxygen atoms in total. The zero-order chi connectivity index (χ0) is 14.7. The van der Waals surface area contributed by atoms with Crippen LogP contribution < -0.4 is 15.0 Å². The standard InChI is InChI=1S/C14H24N6O/c1-3-15-12-16-13(18-14(17-12)21-2)20-9-5-8-19-7-4-6-11(19)10-20/h11H,3-10H2,1-2H3,(H,15,16,17,18). The quantitative estimate of drug-likeness (QED) is 0.887. The zero-order valence-corrected chi connectivity index (χ0v) is 12.9. The fourth-order valence-corrected chi connectivity index (χ4v) is 3.20. The van der Waals surface area contributed by atoms with Crippen LogP contribution in [-0.2, 0) is 0 Å². The Balaban J connectivity index is 1.82. The van der Waals surface area contributed by atoms with Gasteiger partial charge in [0.15, 0.2) is 0 Å². The zero-order valence-electron chi connectivity index (χ0n) is 12.9. The summed E-state index contributed by atoms with van der Waals surface area (Å²) in [5, 5.41) is 3.14. The second-order valence-corrected chi connectivity index (χ2v) is 5.61. The van der Waals surface area contributed by atoms with Gasteiger partial charge in [0, 0.05) is 32.2 Å². The molecular formula is C14H24N6O. The van der Waals surface area contributed by atoms with Gasteiger partial charge in [0.25, 0.3) is 0 Å². The van der Waals surface area contributed by atoms with Crippen molar-refractivity contribution in [1.82, 2.24) is 19.9 Å². The largest absolute Gasteiger partial charge is 0.467 e. The first-order valence-corrected chi connectivity index (χ1v) is 7.83. The lowest BCUT2D eigenvalue weighted by molar-refractivity contribution is 0.273. The second-order valence-electron chi connectivity index (χ2n) is 5.61. The number of anilines is 2. The Hall–Kier alpha value is -1.63. The minimum Gasteiger partial charge on any atom is -0.467 e. The molecule has 21 heavy (non-hydrogen) atoms. The summed E-state index contributed by atoms with van der Waals surface area (Å²) in [6, 6.07) is 1.02. The lowest BCUT2D eigenvalue weighted by atomic mass is 10.2. The predicted octanol–water partition coefficient (Wildman–Crippen LogP) is 0.986. The highest BCUT2D eigenvalue weighted by molar-refractivity contribution is 5.39. The fraction of sp³-hybridized carbons (Fsp3) is 0.786. The van der Waals surface area contributed by atoms with E-state index in [0.29, 0.717) is 18.0 Å². The van der Waals surface area contributed by atoms with Gasteiger partial charge in [-0.15, -0.1) is 0 Å². The second kappa shape index (κ2) is 6.43. The first-order valence-electron chi connectivity index (χ1n) is 7.83. The van der Waals surface area contributed by atoms with Crippen LogP contribution >= 0.6 is 0 Å². The van der Waals surface area contributed by atoms with Crippen molar-refractivity contribution in [3.8, 4) is 6.01 Å². The summed E-state index contributed by atoms with van der Waals surface area (Å²) in [7, 11) is 1.59. The van der Waals surface area contributed by atoms with Crippen LogP contribution in [0.25, 0.3) is 0 Å². The monoisotopic (exact) mass is 292 g/mol. The molecule has 0 radical (unpaired) electrons. The highest BCUT2D eigenvalue weighted by Gasteiger charge is 2.30. The normalized spacial score (nSPS) is 22.8. The number of rotatable bonds is 4. The molecule has 1 atom stereocenters. The Morgan fingerprint density at radius 3 is 2.86 bits per heavy atom. The lowest BCUT2D eigenvalue weighted by Gasteiger charge is -2.25. The number of nitrogens with zero attached hydrogens (tertiary/aromatic N) is 5. The molecule has 0 saturated carbocycles. The van der Waals surface area contributed by atoms with Crippen molar-refractivity contribution in [3.63, 3.8) is 0 Å². The van der Waals surface area contributed by atoms with Crippen molar-refractivity contribution >= 4 is 11.9 Å². The molecule has 116 valence electrons. The summed E-state index contributed by atoms with van der Waals surface area (Å²) in [5.74, 6) is 1.32. The lowest BCUT2D eigenvalue weighted by Crippen LogP contribution is -2.37. The van der Waals surface area contributed by atoms with Crippen molar-refractivity contribution in [2.45, 2.75) is 32.2 Å². The molecule has 2 saturated heterocycles. The molecule has 0 aliphatic carbocycles. The maximum atomic E-state index is 5.21. The van der Waals surface area contributed by atoms with E-state index in [0.717, 1.165) is 32.0 Å². The van der Waals surface area contributed by atoms with Gasteiger partial charge >= 0.3 is 6.01 Å². The fourth-order valence-electron chi connectivity index (χ4n) is 3.20. The summed E-state index contributed by atoms with van der Waals surface area (Å²) < 4.78 is 5.21. The predicted molar refractivity (Wildman–Crippen MR) is 82.0 cm³/mol. The van der Waals surface area contributed by atoms with Crippen LogP contribution in [-0.4, -0.2) is 65.7 Å². The third-order valence-corrected chi connectivity index (χ3v) is 4.21. The van der Waals surface area contributed by atoms with Gasteiger partial charge in [0.1, 0.15) is 0 Å². The number of aromatic nitrogens is 3. The van der Waals surface area contributed by atoms with Crippen LogP contribution in [0.4, 0.5) is 11.9 Å². The average molecular weight is 292 g/mol. The molecule has 0 bridgehead atoms. The van der Waals surface area contributed by atoms with Crippen LogP contribution in [0.15, 0.2) is 0 Å². The summed E-state index contributed by atoms with van der Waals surface area (Å²) >= 11 is 0. The maximum Gasteiger partial charge on any atom is 0.322 e. The highest BCUT2D eigenvalue weighted by atomic mass is 16.5. The van der Waals surface area contributed by atoms with Crippen molar-refractivity contribution in [3.05, 3.63) is 0 Å². The van der Waals surface area contributed by atoms with Crippen LogP contribution in [0.2, 0.25) is 0 Å². The SMILES string of the molecule is CCNc1nc(OC)nc(N2CCCN3CCCC3C2)n1. The van der Waals surface area contributed by atoms with E-state index < -0.39 is 0 Å². The van der Waals surface area contributed by atoms with Gasteiger partial charge in [-0.3, -0.25) is 4.90 Å². The van der Waals surface area contributed by atoms with Gasteiger partial charge in [-0.05, 0) is 32.7 Å². The molecular weight excluding hydrogens is 268 g/mol. The maximum absolute atomic E-state index is 5.21. The van der Waals surface area contributed by atoms with E-state index in [-0.39, 0.29) is 0 Å². The van der Waals surface area contributed by atoms with E-state index in [1.54, 1.807) is 7.11 Å². The molecule has 0 spiro atoms. The number of nitrogens with one attached hydrogen (secondary N) is 1. The Kier molecular flexibility index (Phi) is 4.38. The molecule has 3 rings (SSSR count). The minimum atomic E-state index is 0.378. The van der Waals surface area contributed by atoms with Gasteiger partial charge < -0.3 is 15.0 Å². The molecule has 1 N–H and O–H groups in total. The summed E-state index contributed by atoms with van der Waals surface area (Å²) in [4.78, 5) is 18.1. The van der Waals surface area contributed by atoms with Crippen LogP contribution in [0.5, 0.6) is 6.01 Å². The van der Waals surface area contributed by atoms with Gasteiger partial charge in [0.05, 0.1) is 7.11 Å². The Bertz CT molecular complexity index is 483. The first kappa shape index (κ1) is 14.3. The third kappa shape index (κ3) is 3.18. The van der Waals surface area contributed by atoms with E-state index in [1.807, 2.05) is 6.92 Å². The first-order chi connectivity index (χ1) is 10.3. The van der Waals surface area contributed by atoms with Crippen molar-refractivity contribution in [2.24, 2.45) is 0 Å². The van der Waals surface area contributed by atoms with Gasteiger partial charge in [-0.2, -0.15) is 15.0 Å². The van der Waals surface area contributed by atoms with Crippen LogP contribution in [0, 0.1) is 0 Å². The number of hydrogen-bond donors (Lipinski definition) is 1. The van der Waals surface area contributed by atoms with E-state index in [2.05, 4.69) is 30.1 Å². The third-order valence-electron chi connectivity index (χ3n) is 4.21. The molecule has 2 fully saturated rings. The number of methoxy groups -OCH3 is 1. The molecule has 0 aromatic carbocycles. The van der Waals surface area contributed by atoms with Gasteiger partial charge in [-0.25, -0.2) is 0 Å². The molecule has 3 heterocycles. The summed E-state index contributed by atoms with van der Waals surface area (Å²) in [6.45, 7) is 7.22. The van der Waals surface area contributed by atoms with E-state index in [9.17, 15) is 0 Å². The molecule has 1 aromatic rings. The molecule has 2 aliphatic rings. The highest BCUT2D eigenvalue weighted by Crippen LogP contribution is 2.24. The van der Waals surface area contributed by atoms with Gasteiger partial charge in [0.2, 0.25) is 11.9 Å². The average Bonchev–Trinajstić information content (AvgIpc) is 2.84.